The maximum absolute atomic E-state index is 13.9. The van der Waals surface area contributed by atoms with Crippen LogP contribution in [0.25, 0.3) is 0 Å². The van der Waals surface area contributed by atoms with E-state index >= 15 is 0 Å². The van der Waals surface area contributed by atoms with Crippen molar-refractivity contribution in [2.24, 2.45) is 28.6 Å². The van der Waals surface area contributed by atoms with Crippen LogP contribution in [-0.2, 0) is 0 Å². The van der Waals surface area contributed by atoms with E-state index in [1.165, 1.54) is 11.8 Å². The number of ketones is 1. The first kappa shape index (κ1) is 33.0. The Hall–Kier alpha value is -1.35. The number of hydrogen-bond donors (Lipinski definition) is 2. The lowest BCUT2D eigenvalue weighted by molar-refractivity contribution is -0.284. The van der Waals surface area contributed by atoms with E-state index in [2.05, 4.69) is 6.92 Å². The molecule has 2 N–H and O–H groups in total. The number of thioether (sulfide) groups is 1. The van der Waals surface area contributed by atoms with Crippen molar-refractivity contribution in [3.63, 3.8) is 0 Å². The lowest BCUT2D eigenvalue weighted by Crippen LogP contribution is -2.48. The van der Waals surface area contributed by atoms with Crippen molar-refractivity contribution in [1.29, 1.82) is 0 Å². The lowest BCUT2D eigenvalue weighted by atomic mass is 9.50. The molecule has 3 unspecified atom stereocenters. The van der Waals surface area contributed by atoms with Gasteiger partial charge in [0.15, 0.2) is 5.78 Å². The summed E-state index contributed by atoms with van der Waals surface area (Å²) in [5, 5.41) is 21.3. The van der Waals surface area contributed by atoms with Gasteiger partial charge in [0.05, 0.1) is 6.10 Å². The number of aliphatic hydroxyl groups excluding tert-OH is 1. The molecule has 1 spiro atoms. The second kappa shape index (κ2) is 12.8. The maximum Gasteiger partial charge on any atom is 0.453 e. The minimum atomic E-state index is -5.46. The molecular weight excluding hydrogens is 583 g/mol. The number of phenolic OH excluding ortho intramolecular Hbond substituents is 1. The number of rotatable bonds is 14. The highest BCUT2D eigenvalue weighted by atomic mass is 32.2. The summed E-state index contributed by atoms with van der Waals surface area (Å²) in [6.45, 7) is 2.38. The number of fused-ring (bicyclic) bond motifs is 6. The minimum absolute atomic E-state index is 0.0474. The number of hydrogen-bond acceptors (Lipinski definition) is 4. The number of benzene rings is 1. The fraction of sp³-hybridized carbons (Fsp3) is 0.794. The quantitative estimate of drug-likeness (QED) is 0.159. The van der Waals surface area contributed by atoms with Gasteiger partial charge in [-0.2, -0.15) is 33.7 Å². The molecule has 0 aliphatic heterocycles. The number of carbonyl (C=O) groups excluding carboxylic acids is 1. The largest absolute Gasteiger partial charge is 0.508 e. The van der Waals surface area contributed by atoms with Gasteiger partial charge in [-0.25, -0.2) is 0 Å². The predicted molar refractivity (Wildman–Crippen MR) is 160 cm³/mol. The van der Waals surface area contributed by atoms with Crippen LogP contribution in [0.1, 0.15) is 125 Å². The molecule has 1 aromatic carbocycles. The fourth-order valence-electron chi connectivity index (χ4n) is 9.25. The maximum atomic E-state index is 13.9. The van der Waals surface area contributed by atoms with Crippen molar-refractivity contribution >= 4 is 17.5 Å². The Bertz CT molecular complexity index is 1140. The van der Waals surface area contributed by atoms with Crippen molar-refractivity contribution in [1.82, 2.24) is 0 Å². The summed E-state index contributed by atoms with van der Waals surface area (Å²) < 4.78 is 62.5. The standard InChI is InChI=1S/C34H47F5O3S/c1-31-15-13-24-23-12-11-22(40)20-26(23)30(42)25(29(24)27(31)21-28(41)32(31)16-17-32)10-7-5-3-2-4-6-8-18-43-19-9-14-33(35,36)34(37,38)39/h11-12,20,24-25,27-29,40-41H,2-10,13-19,21H2,1H3/t24?,25-,27?,28+,29?,31-/m0/s1. The van der Waals surface area contributed by atoms with Gasteiger partial charge in [-0.1, -0.05) is 51.5 Å². The van der Waals surface area contributed by atoms with Gasteiger partial charge >= 0.3 is 12.1 Å². The summed E-state index contributed by atoms with van der Waals surface area (Å²) in [5.41, 5.74) is 1.93. The third-order valence-electron chi connectivity index (χ3n) is 11.8. The van der Waals surface area contributed by atoms with Crippen molar-refractivity contribution in [2.45, 2.75) is 127 Å². The first-order chi connectivity index (χ1) is 20.3. The lowest BCUT2D eigenvalue weighted by Gasteiger charge is -2.53. The summed E-state index contributed by atoms with van der Waals surface area (Å²) in [5.74, 6) is -2.37. The van der Waals surface area contributed by atoms with Crippen LogP contribution in [0.5, 0.6) is 5.75 Å². The average molecular weight is 631 g/mol. The molecule has 3 saturated carbocycles. The topological polar surface area (TPSA) is 57.5 Å². The molecule has 5 rings (SSSR count). The zero-order valence-corrected chi connectivity index (χ0v) is 26.1. The third kappa shape index (κ3) is 6.37. The fourth-order valence-corrected chi connectivity index (χ4v) is 10.2. The van der Waals surface area contributed by atoms with Crippen LogP contribution >= 0.6 is 11.8 Å². The van der Waals surface area contributed by atoms with Gasteiger partial charge in [0.25, 0.3) is 0 Å². The second-order valence-electron chi connectivity index (χ2n) is 14.1. The molecular formula is C34H47F5O3S. The molecule has 242 valence electrons. The zero-order valence-electron chi connectivity index (χ0n) is 25.2. The summed E-state index contributed by atoms with van der Waals surface area (Å²) >= 11 is 1.44. The summed E-state index contributed by atoms with van der Waals surface area (Å²) in [6, 6.07) is 5.33. The summed E-state index contributed by atoms with van der Waals surface area (Å²) in [7, 11) is 0. The number of carbonyl (C=O) groups is 1. The SMILES string of the molecule is C[C@]12CCC3c4ccc(O)cc4C(=O)[C@@H](CCCCCCCCCSCCCC(F)(F)C(F)(F)F)C3C1C[C@@H](O)C21CC1. The molecule has 4 aliphatic carbocycles. The van der Waals surface area contributed by atoms with E-state index in [4.69, 9.17) is 0 Å². The minimum Gasteiger partial charge on any atom is -0.508 e. The van der Waals surface area contributed by atoms with E-state index in [1.807, 2.05) is 6.07 Å². The monoisotopic (exact) mass is 630 g/mol. The van der Waals surface area contributed by atoms with Gasteiger partial charge in [-0.3, -0.25) is 4.79 Å². The van der Waals surface area contributed by atoms with E-state index in [-0.39, 0.29) is 46.7 Å². The summed E-state index contributed by atoms with van der Waals surface area (Å²) in [4.78, 5) is 13.9. The number of unbranched alkanes of at least 4 members (excludes halogenated alkanes) is 6. The Labute approximate surface area is 256 Å². The van der Waals surface area contributed by atoms with E-state index in [9.17, 15) is 37.0 Å². The van der Waals surface area contributed by atoms with E-state index in [0.29, 0.717) is 23.2 Å². The smallest absolute Gasteiger partial charge is 0.453 e. The number of aromatic hydroxyl groups is 1. The first-order valence-electron chi connectivity index (χ1n) is 16.4. The Kier molecular flexibility index (Phi) is 9.83. The van der Waals surface area contributed by atoms with Crippen LogP contribution in [0.3, 0.4) is 0 Å². The van der Waals surface area contributed by atoms with Gasteiger partial charge in [0.2, 0.25) is 0 Å². The molecule has 6 atom stereocenters. The second-order valence-corrected chi connectivity index (χ2v) is 15.3. The molecule has 1 aromatic rings. The highest BCUT2D eigenvalue weighted by Gasteiger charge is 2.71. The van der Waals surface area contributed by atoms with E-state index in [1.54, 1.807) is 12.1 Å². The average Bonchev–Trinajstić information content (AvgIpc) is 3.73. The van der Waals surface area contributed by atoms with Crippen molar-refractivity contribution in [2.75, 3.05) is 11.5 Å². The summed E-state index contributed by atoms with van der Waals surface area (Å²) in [6.07, 6.45) is 6.13. The molecule has 0 radical (unpaired) electrons. The van der Waals surface area contributed by atoms with E-state index < -0.39 is 18.5 Å². The first-order valence-corrected chi connectivity index (χ1v) is 17.6. The van der Waals surface area contributed by atoms with Crippen molar-refractivity contribution in [3.05, 3.63) is 29.3 Å². The number of phenols is 1. The van der Waals surface area contributed by atoms with Gasteiger partial charge in [0, 0.05) is 23.3 Å². The Morgan fingerprint density at radius 2 is 1.58 bits per heavy atom. The number of Topliss-reactive ketones (excluding diaryl/α,β-unsaturated/α-hetero) is 1. The van der Waals surface area contributed by atoms with Crippen LogP contribution < -0.4 is 0 Å². The van der Waals surface area contributed by atoms with Crippen LogP contribution in [0.2, 0.25) is 0 Å². The Morgan fingerprint density at radius 3 is 2.26 bits per heavy atom. The molecule has 43 heavy (non-hydrogen) atoms. The molecule has 3 fully saturated rings. The van der Waals surface area contributed by atoms with Gasteiger partial charge < -0.3 is 10.2 Å². The number of aliphatic hydroxyl groups is 1. The van der Waals surface area contributed by atoms with E-state index in [0.717, 1.165) is 94.8 Å². The highest BCUT2D eigenvalue weighted by Crippen LogP contribution is 2.76. The predicted octanol–water partition coefficient (Wildman–Crippen LogP) is 9.70. The van der Waals surface area contributed by atoms with Crippen LogP contribution in [0, 0.1) is 28.6 Å². The molecule has 0 bridgehead atoms. The molecule has 9 heteroatoms. The molecule has 4 aliphatic rings. The molecule has 0 heterocycles. The normalized spacial score (nSPS) is 31.1. The van der Waals surface area contributed by atoms with Gasteiger partial charge in [0.1, 0.15) is 5.75 Å². The van der Waals surface area contributed by atoms with Crippen LogP contribution in [0.4, 0.5) is 22.0 Å². The number of halogens is 5. The van der Waals surface area contributed by atoms with Crippen LogP contribution in [-0.4, -0.2) is 45.7 Å². The highest BCUT2D eigenvalue weighted by molar-refractivity contribution is 7.99. The molecule has 0 saturated heterocycles. The Balaban J connectivity index is 1.05. The third-order valence-corrected chi connectivity index (χ3v) is 12.9. The van der Waals surface area contributed by atoms with Gasteiger partial charge in [-0.15, -0.1) is 0 Å². The number of alkyl halides is 5. The molecule has 0 amide bonds. The molecule has 3 nitrogen and oxygen atoms in total. The van der Waals surface area contributed by atoms with Gasteiger partial charge in [-0.05, 0) is 104 Å². The molecule has 0 aromatic heterocycles. The zero-order chi connectivity index (χ0) is 31.0. The Morgan fingerprint density at radius 1 is 0.930 bits per heavy atom. The van der Waals surface area contributed by atoms with Crippen molar-refractivity contribution < 1.29 is 37.0 Å². The van der Waals surface area contributed by atoms with Crippen LogP contribution in [0.15, 0.2) is 18.2 Å². The van der Waals surface area contributed by atoms with Crippen molar-refractivity contribution in [3.8, 4) is 5.75 Å².